The van der Waals surface area contributed by atoms with E-state index < -0.39 is 0 Å². The van der Waals surface area contributed by atoms with Crippen LogP contribution in [-0.4, -0.2) is 12.6 Å². The molecule has 0 radical (unpaired) electrons. The van der Waals surface area contributed by atoms with E-state index in [-0.39, 0.29) is 0 Å². The van der Waals surface area contributed by atoms with Crippen molar-refractivity contribution in [2.45, 2.75) is 65.3 Å². The van der Waals surface area contributed by atoms with Crippen LogP contribution in [0.2, 0.25) is 0 Å². The zero-order valence-electron chi connectivity index (χ0n) is 12.3. The van der Waals surface area contributed by atoms with Gasteiger partial charge in [-0.05, 0) is 61.6 Å². The van der Waals surface area contributed by atoms with Crippen molar-refractivity contribution in [2.75, 3.05) is 6.54 Å². The van der Waals surface area contributed by atoms with E-state index in [9.17, 15) is 0 Å². The quantitative estimate of drug-likeness (QED) is 0.785. The second kappa shape index (κ2) is 5.75. The second-order valence-corrected chi connectivity index (χ2v) is 6.65. The molecule has 2 heteroatoms. The molecule has 1 heterocycles. The fraction of sp³-hybridized carbons (Fsp3) is 0.750. The van der Waals surface area contributed by atoms with Gasteiger partial charge in [-0.1, -0.05) is 20.8 Å². The summed E-state index contributed by atoms with van der Waals surface area (Å²) < 4.78 is 0. The number of rotatable bonds is 6. The highest BCUT2D eigenvalue weighted by molar-refractivity contribution is 7.10. The first-order valence-electron chi connectivity index (χ1n) is 7.47. The van der Waals surface area contributed by atoms with Crippen molar-refractivity contribution < 1.29 is 0 Å². The van der Waals surface area contributed by atoms with Crippen molar-refractivity contribution >= 4 is 11.3 Å². The van der Waals surface area contributed by atoms with E-state index in [4.69, 9.17) is 0 Å². The van der Waals surface area contributed by atoms with Crippen LogP contribution in [0.15, 0.2) is 11.4 Å². The topological polar surface area (TPSA) is 12.0 Å². The Kier molecular flexibility index (Phi) is 4.50. The highest BCUT2D eigenvalue weighted by Crippen LogP contribution is 2.58. The van der Waals surface area contributed by atoms with Gasteiger partial charge < -0.3 is 5.32 Å². The summed E-state index contributed by atoms with van der Waals surface area (Å²) in [5.41, 5.74) is 2.01. The number of thiophene rings is 1. The summed E-state index contributed by atoms with van der Waals surface area (Å²) in [7, 11) is 0. The predicted molar refractivity (Wildman–Crippen MR) is 81.5 cm³/mol. The minimum absolute atomic E-state index is 0.505. The van der Waals surface area contributed by atoms with Gasteiger partial charge >= 0.3 is 0 Å². The third-order valence-electron chi connectivity index (χ3n) is 5.03. The van der Waals surface area contributed by atoms with Crippen LogP contribution in [-0.2, 0) is 0 Å². The maximum atomic E-state index is 3.78. The Hall–Kier alpha value is -0.340. The number of hydrogen-bond acceptors (Lipinski definition) is 2. The lowest BCUT2D eigenvalue weighted by atomic mass is 9.53. The highest BCUT2D eigenvalue weighted by Gasteiger charge is 2.53. The van der Waals surface area contributed by atoms with E-state index in [0.717, 1.165) is 12.0 Å². The molecule has 102 valence electrons. The highest BCUT2D eigenvalue weighted by atomic mass is 32.1. The van der Waals surface area contributed by atoms with Crippen LogP contribution in [0.4, 0.5) is 0 Å². The summed E-state index contributed by atoms with van der Waals surface area (Å²) in [6, 6.07) is 3.02. The van der Waals surface area contributed by atoms with Crippen molar-refractivity contribution in [3.05, 3.63) is 21.9 Å². The largest absolute Gasteiger partial charge is 0.313 e. The van der Waals surface area contributed by atoms with Crippen LogP contribution in [0.3, 0.4) is 0 Å². The van der Waals surface area contributed by atoms with E-state index >= 15 is 0 Å². The Morgan fingerprint density at radius 1 is 1.33 bits per heavy atom. The molecule has 0 saturated heterocycles. The van der Waals surface area contributed by atoms with Gasteiger partial charge in [-0.25, -0.2) is 0 Å². The predicted octanol–water partition coefficient (Wildman–Crippen LogP) is 4.72. The lowest BCUT2D eigenvalue weighted by molar-refractivity contribution is 0.0217. The minimum atomic E-state index is 0.505. The van der Waals surface area contributed by atoms with E-state index in [0.29, 0.717) is 5.41 Å². The molecule has 2 atom stereocenters. The molecular weight excluding hydrogens is 238 g/mol. The van der Waals surface area contributed by atoms with Crippen molar-refractivity contribution in [1.29, 1.82) is 0 Å². The summed E-state index contributed by atoms with van der Waals surface area (Å²) in [4.78, 5) is 1.65. The molecule has 1 aliphatic rings. The van der Waals surface area contributed by atoms with Crippen molar-refractivity contribution in [2.24, 2.45) is 5.41 Å². The van der Waals surface area contributed by atoms with Gasteiger partial charge in [-0.3, -0.25) is 0 Å². The van der Waals surface area contributed by atoms with E-state index in [1.54, 1.807) is 4.88 Å². The maximum absolute atomic E-state index is 3.78. The zero-order valence-corrected chi connectivity index (χ0v) is 13.1. The first-order chi connectivity index (χ1) is 8.69. The zero-order chi connectivity index (χ0) is 13.2. The molecule has 0 amide bonds. The molecule has 1 aliphatic carbocycles. The fourth-order valence-corrected chi connectivity index (χ4v) is 4.91. The van der Waals surface area contributed by atoms with E-state index in [2.05, 4.69) is 44.5 Å². The van der Waals surface area contributed by atoms with Crippen LogP contribution in [0.25, 0.3) is 0 Å². The minimum Gasteiger partial charge on any atom is -0.313 e. The molecule has 0 aliphatic heterocycles. The molecule has 1 fully saturated rings. The monoisotopic (exact) mass is 265 g/mol. The van der Waals surface area contributed by atoms with Gasteiger partial charge in [0.2, 0.25) is 0 Å². The summed E-state index contributed by atoms with van der Waals surface area (Å²) >= 11 is 1.96. The van der Waals surface area contributed by atoms with Gasteiger partial charge in [0.25, 0.3) is 0 Å². The van der Waals surface area contributed by atoms with Crippen LogP contribution in [0, 0.1) is 12.3 Å². The molecular formula is C16H27NS. The van der Waals surface area contributed by atoms with Crippen molar-refractivity contribution in [1.82, 2.24) is 5.32 Å². The van der Waals surface area contributed by atoms with E-state index in [1.165, 1.54) is 37.8 Å². The number of nitrogens with one attached hydrogen (secondary N) is 1. The SMILES string of the molecule is CCCNC1CC(c2sccc2C)C1(CC)CC. The van der Waals surface area contributed by atoms with Gasteiger partial charge in [0.05, 0.1) is 0 Å². The standard InChI is InChI=1S/C16H27NS/c1-5-9-17-14-11-13(16(14,6-2)7-3)15-12(4)8-10-18-15/h8,10,13-14,17H,5-7,9,11H2,1-4H3. The van der Waals surface area contributed by atoms with Gasteiger partial charge in [0, 0.05) is 16.8 Å². The van der Waals surface area contributed by atoms with Gasteiger partial charge in [0.1, 0.15) is 0 Å². The molecule has 1 nitrogen and oxygen atoms in total. The van der Waals surface area contributed by atoms with Crippen LogP contribution in [0.5, 0.6) is 0 Å². The molecule has 2 rings (SSSR count). The summed E-state index contributed by atoms with van der Waals surface area (Å²) in [6.07, 6.45) is 5.17. The molecule has 2 unspecified atom stereocenters. The molecule has 18 heavy (non-hydrogen) atoms. The number of aryl methyl sites for hydroxylation is 1. The van der Waals surface area contributed by atoms with E-state index in [1.807, 2.05) is 11.3 Å². The summed E-state index contributed by atoms with van der Waals surface area (Å²) in [5.74, 6) is 0.793. The normalized spacial score (nSPS) is 26.0. The molecule has 0 bridgehead atoms. The molecule has 1 N–H and O–H groups in total. The van der Waals surface area contributed by atoms with Gasteiger partial charge in [-0.2, -0.15) is 0 Å². The van der Waals surface area contributed by atoms with Crippen molar-refractivity contribution in [3.8, 4) is 0 Å². The Bertz CT molecular complexity index is 378. The Balaban J connectivity index is 2.17. The Morgan fingerprint density at radius 3 is 2.56 bits per heavy atom. The fourth-order valence-electron chi connectivity index (χ4n) is 3.74. The van der Waals surface area contributed by atoms with Crippen LogP contribution in [0.1, 0.15) is 62.8 Å². The molecule has 1 saturated carbocycles. The molecule has 0 aromatic carbocycles. The lowest BCUT2D eigenvalue weighted by Gasteiger charge is -2.56. The number of hydrogen-bond donors (Lipinski definition) is 1. The van der Waals surface area contributed by atoms with Crippen LogP contribution >= 0.6 is 11.3 Å². The molecule has 0 spiro atoms. The summed E-state index contributed by atoms with van der Waals surface area (Å²) in [6.45, 7) is 10.4. The van der Waals surface area contributed by atoms with Crippen molar-refractivity contribution in [3.63, 3.8) is 0 Å². The maximum Gasteiger partial charge on any atom is 0.0136 e. The Labute approximate surface area is 116 Å². The smallest absolute Gasteiger partial charge is 0.0136 e. The average molecular weight is 265 g/mol. The molecule has 1 aromatic heterocycles. The molecule has 1 aromatic rings. The first-order valence-corrected chi connectivity index (χ1v) is 8.34. The lowest BCUT2D eigenvalue weighted by Crippen LogP contribution is -2.58. The average Bonchev–Trinajstić information content (AvgIpc) is 2.76. The van der Waals surface area contributed by atoms with Gasteiger partial charge in [0.15, 0.2) is 0 Å². The Morgan fingerprint density at radius 2 is 2.06 bits per heavy atom. The second-order valence-electron chi connectivity index (χ2n) is 5.70. The van der Waals surface area contributed by atoms with Gasteiger partial charge in [-0.15, -0.1) is 11.3 Å². The third-order valence-corrected chi connectivity index (χ3v) is 6.17. The summed E-state index contributed by atoms with van der Waals surface area (Å²) in [5, 5.41) is 6.04. The third kappa shape index (κ3) is 2.14. The van der Waals surface area contributed by atoms with Crippen LogP contribution < -0.4 is 5.32 Å². The first kappa shape index (κ1) is 14.1.